The van der Waals surface area contributed by atoms with Gasteiger partial charge >= 0.3 is 0 Å². The maximum absolute atomic E-state index is 3.65. The second-order valence-electron chi connectivity index (χ2n) is 2.87. The fraction of sp³-hybridized carbons (Fsp3) is 0.167. The smallest absolute Gasteiger partial charge is 0.0455 e. The van der Waals surface area contributed by atoms with E-state index in [0.29, 0.717) is 0 Å². The third kappa shape index (κ3) is 2.22. The van der Waals surface area contributed by atoms with Gasteiger partial charge in [0.25, 0.3) is 0 Å². The van der Waals surface area contributed by atoms with Crippen LogP contribution in [0.25, 0.3) is 5.57 Å². The third-order valence-corrected chi connectivity index (χ3v) is 2.04. The van der Waals surface area contributed by atoms with Crippen LogP contribution in [0.5, 0.6) is 0 Å². The Kier molecular flexibility index (Phi) is 3.32. The monoisotopic (exact) mass is 173 g/mol. The van der Waals surface area contributed by atoms with E-state index in [1.165, 1.54) is 11.1 Å². The summed E-state index contributed by atoms with van der Waals surface area (Å²) >= 11 is 0. The van der Waals surface area contributed by atoms with Gasteiger partial charge < -0.3 is 5.32 Å². The van der Waals surface area contributed by atoms with E-state index in [0.717, 1.165) is 5.69 Å². The van der Waals surface area contributed by atoms with Gasteiger partial charge in [-0.25, -0.2) is 0 Å². The van der Waals surface area contributed by atoms with Crippen LogP contribution in [-0.2, 0) is 0 Å². The number of nitrogens with one attached hydrogen (secondary N) is 1. The van der Waals surface area contributed by atoms with E-state index in [1.807, 2.05) is 25.1 Å². The van der Waals surface area contributed by atoms with Crippen LogP contribution in [0.4, 0.5) is 5.69 Å². The van der Waals surface area contributed by atoms with Crippen LogP contribution >= 0.6 is 0 Å². The number of hydrogen-bond donors (Lipinski definition) is 1. The Morgan fingerprint density at radius 2 is 2.08 bits per heavy atom. The molecule has 0 aliphatic rings. The van der Waals surface area contributed by atoms with Gasteiger partial charge in [-0.05, 0) is 31.7 Å². The van der Waals surface area contributed by atoms with Crippen LogP contribution in [-0.4, -0.2) is 0 Å². The second kappa shape index (κ2) is 4.51. The molecule has 0 spiro atoms. The summed E-state index contributed by atoms with van der Waals surface area (Å²) in [5, 5.41) is 3.11. The Labute approximate surface area is 79.8 Å². The van der Waals surface area contributed by atoms with E-state index < -0.39 is 0 Å². The van der Waals surface area contributed by atoms with Crippen molar-refractivity contribution in [3.05, 3.63) is 48.7 Å². The van der Waals surface area contributed by atoms with Crippen LogP contribution in [0.15, 0.2) is 43.1 Å². The molecule has 0 saturated heterocycles. The lowest BCUT2D eigenvalue weighted by Gasteiger charge is -2.08. The first-order valence-corrected chi connectivity index (χ1v) is 4.39. The fourth-order valence-corrected chi connectivity index (χ4v) is 1.22. The zero-order valence-corrected chi connectivity index (χ0v) is 8.17. The zero-order chi connectivity index (χ0) is 9.68. The molecule has 0 amide bonds. The molecule has 1 aromatic rings. The standard InChI is InChI=1S/C12H15N/c1-4-10(3)11-8-6-7-9-12(11)13-5-2/h4-9,13H,2H2,1,3H3/b10-4-. The zero-order valence-electron chi connectivity index (χ0n) is 8.17. The first-order valence-electron chi connectivity index (χ1n) is 4.39. The Bertz CT molecular complexity index is 324. The predicted octanol–water partition coefficient (Wildman–Crippen LogP) is 3.67. The molecule has 1 nitrogen and oxygen atoms in total. The lowest BCUT2D eigenvalue weighted by Crippen LogP contribution is -1.91. The number of benzene rings is 1. The molecule has 0 aromatic heterocycles. The van der Waals surface area contributed by atoms with E-state index in [9.17, 15) is 0 Å². The van der Waals surface area contributed by atoms with Crippen molar-refractivity contribution in [2.75, 3.05) is 5.32 Å². The molecular formula is C12H15N. The van der Waals surface area contributed by atoms with Crippen LogP contribution in [0, 0.1) is 0 Å². The largest absolute Gasteiger partial charge is 0.362 e. The highest BCUT2D eigenvalue weighted by Crippen LogP contribution is 2.22. The fourth-order valence-electron chi connectivity index (χ4n) is 1.22. The third-order valence-electron chi connectivity index (χ3n) is 2.04. The van der Waals surface area contributed by atoms with Gasteiger partial charge in [-0.1, -0.05) is 30.9 Å². The molecule has 1 heteroatoms. The minimum Gasteiger partial charge on any atom is -0.362 e. The Balaban J connectivity index is 3.11. The lowest BCUT2D eigenvalue weighted by molar-refractivity contribution is 1.50. The van der Waals surface area contributed by atoms with Gasteiger partial charge in [0.05, 0.1) is 0 Å². The number of hydrogen-bond acceptors (Lipinski definition) is 1. The highest BCUT2D eigenvalue weighted by molar-refractivity contribution is 5.75. The second-order valence-corrected chi connectivity index (χ2v) is 2.87. The van der Waals surface area contributed by atoms with Crippen LogP contribution in [0.3, 0.4) is 0 Å². The molecular weight excluding hydrogens is 158 g/mol. The van der Waals surface area contributed by atoms with Gasteiger partial charge in [-0.15, -0.1) is 0 Å². The van der Waals surface area contributed by atoms with E-state index in [4.69, 9.17) is 0 Å². The van der Waals surface area contributed by atoms with Crippen molar-refractivity contribution in [2.24, 2.45) is 0 Å². The van der Waals surface area contributed by atoms with Gasteiger partial charge in [0, 0.05) is 11.3 Å². The van der Waals surface area contributed by atoms with Gasteiger partial charge in [-0.2, -0.15) is 0 Å². The van der Waals surface area contributed by atoms with E-state index in [-0.39, 0.29) is 0 Å². The molecule has 68 valence electrons. The van der Waals surface area contributed by atoms with Crippen molar-refractivity contribution in [1.82, 2.24) is 0 Å². The molecule has 0 atom stereocenters. The highest BCUT2D eigenvalue weighted by atomic mass is 14.8. The maximum atomic E-state index is 3.65. The van der Waals surface area contributed by atoms with Crippen LogP contribution in [0.2, 0.25) is 0 Å². The lowest BCUT2D eigenvalue weighted by atomic mass is 10.1. The molecule has 1 N–H and O–H groups in total. The molecule has 0 bridgehead atoms. The van der Waals surface area contributed by atoms with Crippen molar-refractivity contribution >= 4 is 11.3 Å². The van der Waals surface area contributed by atoms with Crippen LogP contribution in [0.1, 0.15) is 19.4 Å². The minimum atomic E-state index is 1.10. The molecule has 0 heterocycles. The van der Waals surface area contributed by atoms with Gasteiger partial charge in [0.1, 0.15) is 0 Å². The molecule has 0 saturated carbocycles. The number of allylic oxidation sites excluding steroid dienone is 2. The quantitative estimate of drug-likeness (QED) is 0.735. The van der Waals surface area contributed by atoms with E-state index in [2.05, 4.69) is 31.0 Å². The summed E-state index contributed by atoms with van der Waals surface area (Å²) in [7, 11) is 0. The number of anilines is 1. The molecule has 1 rings (SSSR count). The molecule has 0 fully saturated rings. The summed E-state index contributed by atoms with van der Waals surface area (Å²) in [6.45, 7) is 7.79. The Morgan fingerprint density at radius 1 is 1.38 bits per heavy atom. The number of rotatable bonds is 3. The molecule has 0 aliphatic carbocycles. The van der Waals surface area contributed by atoms with E-state index >= 15 is 0 Å². The molecule has 0 radical (unpaired) electrons. The highest BCUT2D eigenvalue weighted by Gasteiger charge is 1.99. The first-order chi connectivity index (χ1) is 6.29. The van der Waals surface area contributed by atoms with Gasteiger partial charge in [0.2, 0.25) is 0 Å². The average Bonchev–Trinajstić information content (AvgIpc) is 2.18. The molecule has 0 unspecified atom stereocenters. The summed E-state index contributed by atoms with van der Waals surface area (Å²) in [6, 6.07) is 8.19. The maximum Gasteiger partial charge on any atom is 0.0455 e. The molecule has 13 heavy (non-hydrogen) atoms. The van der Waals surface area contributed by atoms with Gasteiger partial charge in [-0.3, -0.25) is 0 Å². The normalized spacial score (nSPS) is 11.1. The summed E-state index contributed by atoms with van der Waals surface area (Å²) in [5.41, 5.74) is 3.60. The summed E-state index contributed by atoms with van der Waals surface area (Å²) in [5.74, 6) is 0. The SMILES string of the molecule is C=CNc1ccccc1/C(C)=C\C. The predicted molar refractivity (Wildman–Crippen MR) is 59.6 cm³/mol. The van der Waals surface area contributed by atoms with Crippen LogP contribution < -0.4 is 5.32 Å². The van der Waals surface area contributed by atoms with Crippen molar-refractivity contribution in [3.8, 4) is 0 Å². The summed E-state index contributed by atoms with van der Waals surface area (Å²) in [4.78, 5) is 0. The Morgan fingerprint density at radius 3 is 2.69 bits per heavy atom. The topological polar surface area (TPSA) is 12.0 Å². The summed E-state index contributed by atoms with van der Waals surface area (Å²) < 4.78 is 0. The van der Waals surface area contributed by atoms with Crippen molar-refractivity contribution in [2.45, 2.75) is 13.8 Å². The molecule has 1 aromatic carbocycles. The first kappa shape index (κ1) is 9.59. The van der Waals surface area contributed by atoms with Crippen molar-refractivity contribution in [1.29, 1.82) is 0 Å². The Hall–Kier alpha value is -1.50. The number of para-hydroxylation sites is 1. The summed E-state index contributed by atoms with van der Waals surface area (Å²) in [6.07, 6.45) is 3.80. The molecule has 0 aliphatic heterocycles. The average molecular weight is 173 g/mol. The van der Waals surface area contributed by atoms with Gasteiger partial charge in [0.15, 0.2) is 0 Å². The van der Waals surface area contributed by atoms with Crippen molar-refractivity contribution < 1.29 is 0 Å². The van der Waals surface area contributed by atoms with Crippen molar-refractivity contribution in [3.63, 3.8) is 0 Å². The van der Waals surface area contributed by atoms with E-state index in [1.54, 1.807) is 6.20 Å². The minimum absolute atomic E-state index is 1.10.